The summed E-state index contributed by atoms with van der Waals surface area (Å²) in [7, 11) is 0. The Hall–Kier alpha value is -7.62. The lowest BCUT2D eigenvalue weighted by Crippen LogP contribution is -2.13. The van der Waals surface area contributed by atoms with Gasteiger partial charge < -0.3 is 9.13 Å². The number of aryl methyl sites for hydroxylation is 2. The van der Waals surface area contributed by atoms with Crippen LogP contribution < -0.4 is 0 Å². The fourth-order valence-electron chi connectivity index (χ4n) is 15.6. The molecule has 0 bridgehead atoms. The number of carbonyl (C=O) groups excluding carboxylic acids is 2. The monoisotopic (exact) mass is 1450 g/mol. The van der Waals surface area contributed by atoms with Crippen molar-refractivity contribution in [2.45, 2.75) is 234 Å². The van der Waals surface area contributed by atoms with Crippen molar-refractivity contribution >= 4 is 164 Å². The first-order valence-electron chi connectivity index (χ1n) is 36.9. The third kappa shape index (κ3) is 14.0. The normalized spacial score (nSPS) is 14.6. The second kappa shape index (κ2) is 32.8. The Morgan fingerprint density at radius 1 is 0.436 bits per heavy atom. The Bertz CT molecular complexity index is 4830. The summed E-state index contributed by atoms with van der Waals surface area (Å²) in [5.74, 6) is -5.32. The summed E-state index contributed by atoms with van der Waals surface area (Å²) in [6.07, 6.45) is 33.4. The molecule has 12 rings (SSSR count). The third-order valence-corrected chi connectivity index (χ3v) is 26.8. The molecule has 524 valence electrons. The van der Waals surface area contributed by atoms with E-state index in [2.05, 4.69) is 50.7 Å². The van der Waals surface area contributed by atoms with Crippen LogP contribution in [0.25, 0.3) is 95.4 Å². The second-order valence-electron chi connectivity index (χ2n) is 27.7. The molecule has 19 heteroatoms. The van der Waals surface area contributed by atoms with Gasteiger partial charge in [0.2, 0.25) is 0 Å². The molecule has 0 fully saturated rings. The summed E-state index contributed by atoms with van der Waals surface area (Å²) in [4.78, 5) is 31.1. The lowest BCUT2D eigenvalue weighted by Gasteiger charge is -2.20. The number of benzene rings is 3. The first kappa shape index (κ1) is 73.1. The number of hydrogen-bond donors (Lipinski definition) is 0. The molecule has 0 aliphatic heterocycles. The fraction of sp³-hybridized carbons (Fsp3) is 0.463. The van der Waals surface area contributed by atoms with E-state index < -0.39 is 34.8 Å². The van der Waals surface area contributed by atoms with Gasteiger partial charge >= 0.3 is 0 Å². The largest absolute Gasteiger partial charge is 0.337 e. The van der Waals surface area contributed by atoms with Crippen molar-refractivity contribution in [2.24, 2.45) is 11.8 Å². The van der Waals surface area contributed by atoms with Crippen LogP contribution in [0.4, 0.5) is 17.6 Å². The van der Waals surface area contributed by atoms with Crippen LogP contribution in [-0.2, 0) is 25.9 Å². The number of Topliss-reactive ketones (excluding diaryl/α,β-unsaturated/α-hetero) is 2. The molecule has 10 aromatic rings. The molecule has 0 saturated heterocycles. The van der Waals surface area contributed by atoms with Crippen molar-refractivity contribution in [1.29, 1.82) is 21.0 Å². The van der Waals surface area contributed by atoms with Crippen molar-refractivity contribution in [1.82, 2.24) is 17.9 Å². The van der Waals surface area contributed by atoms with E-state index in [1.54, 1.807) is 57.5 Å². The number of thiophene rings is 4. The summed E-state index contributed by atoms with van der Waals surface area (Å²) in [6, 6.07) is 11.5. The maximum Gasteiger partial charge on any atom is 0.194 e. The maximum atomic E-state index is 15.2. The molecule has 0 saturated carbocycles. The number of nitriles is 4. The van der Waals surface area contributed by atoms with Crippen LogP contribution in [0.15, 0.2) is 46.6 Å². The van der Waals surface area contributed by atoms with E-state index in [0.29, 0.717) is 25.9 Å². The van der Waals surface area contributed by atoms with E-state index in [-0.39, 0.29) is 67.5 Å². The molecular formula is C82H86F4N8O2S5. The van der Waals surface area contributed by atoms with Gasteiger partial charge in [0, 0.05) is 67.0 Å². The van der Waals surface area contributed by atoms with Gasteiger partial charge in [-0.05, 0) is 109 Å². The number of rotatable bonds is 34. The number of ketones is 2. The summed E-state index contributed by atoms with van der Waals surface area (Å²) in [5, 5.41) is 43.8. The van der Waals surface area contributed by atoms with Gasteiger partial charge in [0.1, 0.15) is 46.5 Å². The maximum absolute atomic E-state index is 15.2. The zero-order valence-corrected chi connectivity index (χ0v) is 62.9. The number of unbranched alkanes of at least 4 members (excludes halogenated alkanes) is 18. The molecule has 10 nitrogen and oxygen atoms in total. The van der Waals surface area contributed by atoms with Gasteiger partial charge in [-0.3, -0.25) is 9.59 Å². The molecule has 101 heavy (non-hydrogen) atoms. The van der Waals surface area contributed by atoms with Gasteiger partial charge in [-0.2, -0.15) is 29.8 Å². The van der Waals surface area contributed by atoms with Gasteiger partial charge in [-0.1, -0.05) is 183 Å². The average molecular weight is 1450 g/mol. The highest BCUT2D eigenvalue weighted by Gasteiger charge is 2.39. The lowest BCUT2D eigenvalue weighted by molar-refractivity contribution is 0.103. The number of halogens is 4. The number of nitrogens with zero attached hydrogens (tertiary/aromatic N) is 8. The van der Waals surface area contributed by atoms with Crippen LogP contribution in [0.3, 0.4) is 0 Å². The Kier molecular flexibility index (Phi) is 23.7. The molecule has 7 aromatic heterocycles. The van der Waals surface area contributed by atoms with Crippen molar-refractivity contribution in [3.05, 3.63) is 113 Å². The van der Waals surface area contributed by atoms with Crippen molar-refractivity contribution in [2.75, 3.05) is 0 Å². The summed E-state index contributed by atoms with van der Waals surface area (Å²) >= 11 is 7.88. The first-order valence-corrected chi connectivity index (χ1v) is 40.9. The van der Waals surface area contributed by atoms with Crippen LogP contribution >= 0.6 is 57.1 Å². The third-order valence-electron chi connectivity index (χ3n) is 21.1. The topological polar surface area (TPSA) is 165 Å². The molecule has 0 radical (unpaired) electrons. The van der Waals surface area contributed by atoms with Crippen LogP contribution in [0.1, 0.15) is 261 Å². The second-order valence-corrected chi connectivity index (χ2v) is 32.4. The highest BCUT2D eigenvalue weighted by atomic mass is 32.1. The van der Waals surface area contributed by atoms with E-state index in [1.807, 2.05) is 24.3 Å². The lowest BCUT2D eigenvalue weighted by atomic mass is 9.98. The highest BCUT2D eigenvalue weighted by Crippen LogP contribution is 2.56. The van der Waals surface area contributed by atoms with E-state index in [9.17, 15) is 30.6 Å². The number of aromatic nitrogens is 4. The molecule has 2 aliphatic rings. The number of fused-ring (bicyclic) bond motifs is 16. The summed E-state index contributed by atoms with van der Waals surface area (Å²) in [5.41, 5.74) is 7.35. The van der Waals surface area contributed by atoms with Crippen LogP contribution in [-0.4, -0.2) is 29.4 Å². The van der Waals surface area contributed by atoms with E-state index in [1.165, 1.54) is 75.9 Å². The fourth-order valence-corrected chi connectivity index (χ4v) is 22.1. The summed E-state index contributed by atoms with van der Waals surface area (Å²) in [6.45, 7) is 14.9. The average Bonchev–Trinajstić information content (AvgIpc) is 1.51. The quantitative estimate of drug-likeness (QED) is 0.0166. The Balaban J connectivity index is 1.14. The molecule has 2 atom stereocenters. The number of carbonyl (C=O) groups is 2. The van der Waals surface area contributed by atoms with E-state index in [0.717, 1.165) is 220 Å². The minimum absolute atomic E-state index is 0.00503. The molecule has 0 N–H and O–H groups in total. The van der Waals surface area contributed by atoms with Crippen molar-refractivity contribution in [3.63, 3.8) is 0 Å². The van der Waals surface area contributed by atoms with Gasteiger partial charge in [0.25, 0.3) is 0 Å². The van der Waals surface area contributed by atoms with Gasteiger partial charge in [-0.25, -0.2) is 17.6 Å². The molecule has 0 amide bonds. The van der Waals surface area contributed by atoms with Crippen LogP contribution in [0.2, 0.25) is 0 Å². The van der Waals surface area contributed by atoms with Gasteiger partial charge in [0.05, 0.1) is 62.0 Å². The van der Waals surface area contributed by atoms with Crippen molar-refractivity contribution in [3.8, 4) is 24.3 Å². The Labute approximate surface area is 609 Å². The Morgan fingerprint density at radius 2 is 0.772 bits per heavy atom. The molecule has 3 aromatic carbocycles. The zero-order chi connectivity index (χ0) is 71.2. The minimum atomic E-state index is -1.19. The SMILES string of the molecule is CCCCCCCCCCCc1c(C=C2C(=O)c3cc(F)c(F)cc3C2=C(C#N)C#N)sc2c1sc1c3c4nsnc4c4c5sc6c(CCCCCCCCCCC)c(C=C7C(=O)c8cc(F)c(F)cc8C7=C(C#N)C#N)sc6c5n(CC(CC)CCCC)c4c3n(CC(CC)CCCC)c21. The highest BCUT2D eigenvalue weighted by molar-refractivity contribution is 7.34. The van der Waals surface area contributed by atoms with Gasteiger partial charge in [0.15, 0.2) is 34.8 Å². The molecule has 2 aliphatic carbocycles. The predicted molar refractivity (Wildman–Crippen MR) is 412 cm³/mol. The summed E-state index contributed by atoms with van der Waals surface area (Å²) < 4.78 is 83.0. The first-order chi connectivity index (χ1) is 49.2. The molecular weight excluding hydrogens is 1370 g/mol. The molecule has 7 heterocycles. The zero-order valence-electron chi connectivity index (χ0n) is 58.8. The van der Waals surface area contributed by atoms with E-state index >= 15 is 17.6 Å². The molecule has 2 unspecified atom stereocenters. The predicted octanol–water partition coefficient (Wildman–Crippen LogP) is 25.8. The van der Waals surface area contributed by atoms with Gasteiger partial charge in [-0.15, -0.1) is 45.3 Å². The van der Waals surface area contributed by atoms with Crippen LogP contribution in [0.5, 0.6) is 0 Å². The van der Waals surface area contributed by atoms with Crippen molar-refractivity contribution < 1.29 is 27.2 Å². The molecule has 0 spiro atoms. The van der Waals surface area contributed by atoms with E-state index in [4.69, 9.17) is 8.75 Å². The Morgan fingerprint density at radius 3 is 1.11 bits per heavy atom. The number of hydrogen-bond acceptors (Lipinski definition) is 13. The number of allylic oxidation sites excluding steroid dienone is 6. The standard InChI is InChI=1S/C82H86F4N8O2S5/c1-7-13-17-19-21-23-25-27-29-33-51-63(39-57-65(49(41-87)42-88)53-35-59(83)61(85)37-55(53)75(57)95)97-81-73-79(99-77(51)81)67-69-70(92-101-91-69)68-72(71(67)93(73)45-47(11-5)31-15-9-3)94(46-48(12-6)32-16-10-4)74-80(68)100-78-52(34-30-28-26-24-22-20-18-14-8-2)64(98-82(74)78)40-58-66(50(43-89)44-90)54-36-60(84)62(86)38-56(54)76(58)96/h35-40,47-48H,7-34,45-46H2,1-6H3. The minimum Gasteiger partial charge on any atom is -0.337 e. The van der Waals surface area contributed by atoms with Crippen LogP contribution in [0, 0.1) is 80.4 Å². The smallest absolute Gasteiger partial charge is 0.194 e.